The second kappa shape index (κ2) is 3.90. The first-order chi connectivity index (χ1) is 7.16. The number of hydrogen-bond acceptors (Lipinski definition) is 3. The number of benzene rings is 1. The highest BCUT2D eigenvalue weighted by Crippen LogP contribution is 2.28. The molecule has 1 aliphatic rings. The van der Waals surface area contributed by atoms with Crippen molar-refractivity contribution in [2.24, 2.45) is 0 Å². The van der Waals surface area contributed by atoms with Gasteiger partial charge < -0.3 is 14.9 Å². The van der Waals surface area contributed by atoms with Gasteiger partial charge in [-0.1, -0.05) is 12.1 Å². The molecule has 0 spiro atoms. The average Bonchev–Trinajstić information content (AvgIpc) is 3.01. The van der Waals surface area contributed by atoms with E-state index in [0.29, 0.717) is 11.3 Å². The molecule has 1 aliphatic carbocycles. The first-order valence-electron chi connectivity index (χ1n) is 4.84. The van der Waals surface area contributed by atoms with E-state index in [1.165, 1.54) is 0 Å². The Kier molecular flexibility index (Phi) is 2.60. The van der Waals surface area contributed by atoms with Gasteiger partial charge in [0, 0.05) is 0 Å². The van der Waals surface area contributed by atoms with Gasteiger partial charge >= 0.3 is 5.97 Å². The third-order valence-corrected chi connectivity index (χ3v) is 2.23. The van der Waals surface area contributed by atoms with E-state index in [0.717, 1.165) is 12.8 Å². The highest BCUT2D eigenvalue weighted by Gasteiger charge is 2.24. The number of aliphatic hydroxyl groups excluding tert-OH is 1. The zero-order chi connectivity index (χ0) is 10.8. The number of carboxylic acids is 1. The summed E-state index contributed by atoms with van der Waals surface area (Å²) < 4.78 is 5.49. The summed E-state index contributed by atoms with van der Waals surface area (Å²) in [6.07, 6.45) is 0.882. The van der Waals surface area contributed by atoms with Crippen molar-refractivity contribution in [3.8, 4) is 5.75 Å². The van der Waals surface area contributed by atoms with Crippen molar-refractivity contribution in [2.45, 2.75) is 25.0 Å². The van der Waals surface area contributed by atoms with E-state index >= 15 is 0 Å². The summed E-state index contributed by atoms with van der Waals surface area (Å²) in [5, 5.41) is 17.9. The zero-order valence-electron chi connectivity index (χ0n) is 8.09. The van der Waals surface area contributed by atoms with Gasteiger partial charge in [-0.05, 0) is 30.5 Å². The molecule has 1 saturated carbocycles. The molecule has 1 aromatic carbocycles. The van der Waals surface area contributed by atoms with Crippen LogP contribution >= 0.6 is 0 Å². The molecule has 2 N–H and O–H groups in total. The third-order valence-electron chi connectivity index (χ3n) is 2.23. The second-order valence-corrected chi connectivity index (χ2v) is 3.63. The van der Waals surface area contributed by atoms with E-state index < -0.39 is 12.1 Å². The maximum atomic E-state index is 10.6. The van der Waals surface area contributed by atoms with Gasteiger partial charge in [0.2, 0.25) is 0 Å². The summed E-state index contributed by atoms with van der Waals surface area (Å²) in [7, 11) is 0. The van der Waals surface area contributed by atoms with E-state index in [9.17, 15) is 9.90 Å². The number of carboxylic acid groups (broad SMARTS) is 1. The Morgan fingerprint density at radius 2 is 2.20 bits per heavy atom. The highest BCUT2D eigenvalue weighted by atomic mass is 16.5. The van der Waals surface area contributed by atoms with E-state index in [-0.39, 0.29) is 6.10 Å². The lowest BCUT2D eigenvalue weighted by Gasteiger charge is -2.08. The summed E-state index contributed by atoms with van der Waals surface area (Å²) in [6, 6.07) is 6.57. The summed E-state index contributed by atoms with van der Waals surface area (Å²) in [4.78, 5) is 10.6. The Bertz CT molecular complexity index is 371. The minimum absolute atomic E-state index is 0.266. The minimum Gasteiger partial charge on any atom is -0.490 e. The van der Waals surface area contributed by atoms with Crippen LogP contribution in [0.15, 0.2) is 24.3 Å². The van der Waals surface area contributed by atoms with Crippen molar-refractivity contribution < 1.29 is 19.7 Å². The van der Waals surface area contributed by atoms with Crippen LogP contribution in [0.2, 0.25) is 0 Å². The largest absolute Gasteiger partial charge is 0.490 e. The lowest BCUT2D eigenvalue weighted by atomic mass is 10.1. The van der Waals surface area contributed by atoms with Gasteiger partial charge in [-0.25, -0.2) is 4.79 Å². The van der Waals surface area contributed by atoms with Crippen molar-refractivity contribution >= 4 is 5.97 Å². The first kappa shape index (κ1) is 9.98. The number of aliphatic carboxylic acids is 1. The molecule has 2 rings (SSSR count). The van der Waals surface area contributed by atoms with E-state index in [1.807, 2.05) is 0 Å². The number of rotatable bonds is 4. The van der Waals surface area contributed by atoms with Crippen LogP contribution in [0.5, 0.6) is 5.75 Å². The number of ether oxygens (including phenoxy) is 1. The quantitative estimate of drug-likeness (QED) is 0.783. The standard InChI is InChI=1S/C11H12O4/c12-10(11(13)14)7-2-1-3-9(6-7)15-8-4-5-8/h1-3,6,8,10,12H,4-5H2,(H,13,14). The van der Waals surface area contributed by atoms with Crippen LogP contribution in [-0.2, 0) is 4.79 Å². The molecule has 0 heterocycles. The van der Waals surface area contributed by atoms with Crippen LogP contribution in [0.3, 0.4) is 0 Å². The Labute approximate surface area is 87.1 Å². The second-order valence-electron chi connectivity index (χ2n) is 3.63. The number of hydrogen-bond donors (Lipinski definition) is 2. The summed E-state index contributed by atoms with van der Waals surface area (Å²) >= 11 is 0. The highest BCUT2D eigenvalue weighted by molar-refractivity contribution is 5.74. The van der Waals surface area contributed by atoms with E-state index in [2.05, 4.69) is 0 Å². The van der Waals surface area contributed by atoms with Crippen LogP contribution in [0.1, 0.15) is 24.5 Å². The van der Waals surface area contributed by atoms with Crippen molar-refractivity contribution in [3.05, 3.63) is 29.8 Å². The summed E-state index contributed by atoms with van der Waals surface area (Å²) in [6.45, 7) is 0. The van der Waals surface area contributed by atoms with Crippen LogP contribution in [0, 0.1) is 0 Å². The lowest BCUT2D eigenvalue weighted by molar-refractivity contribution is -0.146. The molecule has 1 unspecified atom stereocenters. The molecule has 0 aromatic heterocycles. The monoisotopic (exact) mass is 208 g/mol. The molecule has 0 aliphatic heterocycles. The first-order valence-corrected chi connectivity index (χ1v) is 4.84. The summed E-state index contributed by atoms with van der Waals surface area (Å²) in [5.41, 5.74) is 0.348. The Balaban J connectivity index is 2.13. The van der Waals surface area contributed by atoms with Gasteiger partial charge in [-0.15, -0.1) is 0 Å². The molecule has 0 amide bonds. The Hall–Kier alpha value is -1.55. The maximum Gasteiger partial charge on any atom is 0.337 e. The molecule has 1 aromatic rings. The SMILES string of the molecule is O=C(O)C(O)c1cccc(OC2CC2)c1. The minimum atomic E-state index is -1.48. The topological polar surface area (TPSA) is 66.8 Å². The molecule has 15 heavy (non-hydrogen) atoms. The molecule has 1 atom stereocenters. The number of aliphatic hydroxyl groups is 1. The Morgan fingerprint density at radius 1 is 1.47 bits per heavy atom. The molecule has 4 heteroatoms. The van der Waals surface area contributed by atoms with Crippen molar-refractivity contribution in [2.75, 3.05) is 0 Å². The number of carbonyl (C=O) groups is 1. The predicted octanol–water partition coefficient (Wildman–Crippen LogP) is 1.35. The normalized spacial score (nSPS) is 17.1. The molecule has 0 saturated heterocycles. The van der Waals surface area contributed by atoms with Crippen molar-refractivity contribution in [1.82, 2.24) is 0 Å². The smallest absolute Gasteiger partial charge is 0.337 e. The molecular weight excluding hydrogens is 196 g/mol. The van der Waals surface area contributed by atoms with Crippen LogP contribution in [0.4, 0.5) is 0 Å². The molecule has 0 bridgehead atoms. The van der Waals surface area contributed by atoms with Crippen molar-refractivity contribution in [3.63, 3.8) is 0 Å². The van der Waals surface area contributed by atoms with Crippen LogP contribution in [-0.4, -0.2) is 22.3 Å². The molecule has 4 nitrogen and oxygen atoms in total. The fraction of sp³-hybridized carbons (Fsp3) is 0.364. The molecule has 80 valence electrons. The van der Waals surface area contributed by atoms with E-state index in [1.54, 1.807) is 24.3 Å². The van der Waals surface area contributed by atoms with Gasteiger partial charge in [0.15, 0.2) is 6.10 Å². The van der Waals surface area contributed by atoms with Gasteiger partial charge in [0.25, 0.3) is 0 Å². The predicted molar refractivity (Wildman–Crippen MR) is 52.7 cm³/mol. The van der Waals surface area contributed by atoms with Gasteiger partial charge in [-0.2, -0.15) is 0 Å². The third kappa shape index (κ3) is 2.47. The van der Waals surface area contributed by atoms with Crippen LogP contribution in [0.25, 0.3) is 0 Å². The molecular formula is C11H12O4. The summed E-state index contributed by atoms with van der Waals surface area (Å²) in [5.74, 6) is -0.631. The van der Waals surface area contributed by atoms with Gasteiger partial charge in [0.1, 0.15) is 5.75 Å². The van der Waals surface area contributed by atoms with Gasteiger partial charge in [-0.3, -0.25) is 0 Å². The molecule has 1 fully saturated rings. The maximum absolute atomic E-state index is 10.6. The Morgan fingerprint density at radius 3 is 2.80 bits per heavy atom. The average molecular weight is 208 g/mol. The zero-order valence-corrected chi connectivity index (χ0v) is 8.09. The lowest BCUT2D eigenvalue weighted by Crippen LogP contribution is -2.10. The fourth-order valence-electron chi connectivity index (χ4n) is 1.28. The van der Waals surface area contributed by atoms with Crippen LogP contribution < -0.4 is 4.74 Å². The fourth-order valence-corrected chi connectivity index (χ4v) is 1.28. The van der Waals surface area contributed by atoms with E-state index in [4.69, 9.17) is 9.84 Å². The van der Waals surface area contributed by atoms with Gasteiger partial charge in [0.05, 0.1) is 6.10 Å². The van der Waals surface area contributed by atoms with Crippen molar-refractivity contribution in [1.29, 1.82) is 0 Å². The molecule has 0 radical (unpaired) electrons.